The molecule has 22 heavy (non-hydrogen) atoms. The van der Waals surface area contributed by atoms with Crippen LogP contribution in [0.5, 0.6) is 0 Å². The average molecular weight is 306 g/mol. The van der Waals surface area contributed by atoms with Crippen LogP contribution in [0.4, 0.5) is 13.2 Å². The summed E-state index contributed by atoms with van der Waals surface area (Å²) in [6.45, 7) is 2.16. The van der Waals surface area contributed by atoms with Gasteiger partial charge in [-0.05, 0) is 46.2 Å². The number of carbonyl (C=O) groups is 1. The molecule has 0 aliphatic rings. The number of rotatable bonds is 0. The van der Waals surface area contributed by atoms with Crippen molar-refractivity contribution in [3.63, 3.8) is 0 Å². The molecule has 0 heterocycles. The second-order valence-corrected chi connectivity index (χ2v) is 4.80. The third kappa shape index (κ3) is 3.55. The van der Waals surface area contributed by atoms with Crippen molar-refractivity contribution in [3.8, 4) is 0 Å². The van der Waals surface area contributed by atoms with E-state index in [-0.39, 0.29) is 0 Å². The van der Waals surface area contributed by atoms with Gasteiger partial charge in [-0.2, -0.15) is 13.2 Å². The monoisotopic (exact) mass is 306 g/mol. The molecule has 0 aliphatic heterocycles. The highest BCUT2D eigenvalue weighted by Crippen LogP contribution is 2.24. The molecular formula is C17H13F3O2. The van der Waals surface area contributed by atoms with E-state index >= 15 is 0 Å². The third-order valence-corrected chi connectivity index (χ3v) is 3.21. The van der Waals surface area contributed by atoms with Gasteiger partial charge in [0.1, 0.15) is 0 Å². The smallest absolute Gasteiger partial charge is 0.475 e. The van der Waals surface area contributed by atoms with Crippen molar-refractivity contribution in [2.75, 3.05) is 0 Å². The van der Waals surface area contributed by atoms with Crippen LogP contribution in [-0.4, -0.2) is 17.3 Å². The lowest BCUT2D eigenvalue weighted by atomic mass is 10.0. The van der Waals surface area contributed by atoms with E-state index in [0.29, 0.717) is 0 Å². The van der Waals surface area contributed by atoms with Crippen LogP contribution in [0.15, 0.2) is 54.6 Å². The van der Waals surface area contributed by atoms with E-state index in [1.54, 1.807) is 0 Å². The molecule has 3 aromatic rings. The van der Waals surface area contributed by atoms with Gasteiger partial charge in [0.05, 0.1) is 0 Å². The highest BCUT2D eigenvalue weighted by atomic mass is 19.4. The van der Waals surface area contributed by atoms with Gasteiger partial charge in [0, 0.05) is 0 Å². The van der Waals surface area contributed by atoms with Crippen molar-refractivity contribution in [2.24, 2.45) is 0 Å². The Bertz CT molecular complexity index is 823. The van der Waals surface area contributed by atoms with Gasteiger partial charge in [0.25, 0.3) is 0 Å². The molecule has 0 saturated carbocycles. The number of benzene rings is 3. The Labute approximate surface area is 124 Å². The fourth-order valence-electron chi connectivity index (χ4n) is 2.12. The minimum absolute atomic E-state index is 1.32. The Balaban J connectivity index is 0.000000217. The fraction of sp³-hybridized carbons (Fsp3) is 0.118. The summed E-state index contributed by atoms with van der Waals surface area (Å²) in [6.07, 6.45) is -5.08. The summed E-state index contributed by atoms with van der Waals surface area (Å²) in [5.74, 6) is -2.76. The van der Waals surface area contributed by atoms with Crippen molar-refractivity contribution < 1.29 is 23.1 Å². The number of fused-ring (bicyclic) bond motifs is 2. The quantitative estimate of drug-likeness (QED) is 0.598. The maximum Gasteiger partial charge on any atom is 0.490 e. The zero-order chi connectivity index (χ0) is 16.3. The normalized spacial score (nSPS) is 11.1. The van der Waals surface area contributed by atoms with Gasteiger partial charge >= 0.3 is 12.1 Å². The first-order valence-corrected chi connectivity index (χ1v) is 6.47. The number of alkyl halides is 3. The van der Waals surface area contributed by atoms with E-state index in [0.717, 1.165) is 0 Å². The van der Waals surface area contributed by atoms with Crippen LogP contribution >= 0.6 is 0 Å². The summed E-state index contributed by atoms with van der Waals surface area (Å²) in [4.78, 5) is 8.90. The van der Waals surface area contributed by atoms with Crippen LogP contribution < -0.4 is 0 Å². The summed E-state index contributed by atoms with van der Waals surface area (Å²) in [7, 11) is 0. The molecule has 1 N–H and O–H groups in total. The second kappa shape index (κ2) is 6.05. The number of carboxylic acid groups (broad SMARTS) is 1. The minimum atomic E-state index is -5.08. The molecule has 0 aromatic heterocycles. The standard InChI is InChI=1S/C15H12.C2HF3O2/c1-11-5-4-8-14-9-12-6-2-3-7-13(12)10-15(11)14;3-2(4,5)1(6)7/h2-10H,1H3;(H,6,7). The maximum absolute atomic E-state index is 10.6. The molecule has 0 atom stereocenters. The highest BCUT2D eigenvalue weighted by Gasteiger charge is 2.38. The third-order valence-electron chi connectivity index (χ3n) is 3.21. The van der Waals surface area contributed by atoms with E-state index in [2.05, 4.69) is 61.5 Å². The Kier molecular flexibility index (Phi) is 4.35. The average Bonchev–Trinajstić information content (AvgIpc) is 2.45. The van der Waals surface area contributed by atoms with Gasteiger partial charge in [-0.15, -0.1) is 0 Å². The van der Waals surface area contributed by atoms with Crippen molar-refractivity contribution in [3.05, 3.63) is 60.2 Å². The Morgan fingerprint density at radius 3 is 1.95 bits per heavy atom. The Morgan fingerprint density at radius 2 is 1.41 bits per heavy atom. The molecule has 0 amide bonds. The molecular weight excluding hydrogens is 293 g/mol. The number of hydrogen-bond acceptors (Lipinski definition) is 1. The summed E-state index contributed by atoms with van der Waals surface area (Å²) in [6, 6.07) is 19.5. The van der Waals surface area contributed by atoms with E-state index < -0.39 is 12.1 Å². The molecule has 3 rings (SSSR count). The lowest BCUT2D eigenvalue weighted by Crippen LogP contribution is -2.21. The predicted molar refractivity (Wildman–Crippen MR) is 79.9 cm³/mol. The molecule has 0 aliphatic carbocycles. The van der Waals surface area contributed by atoms with E-state index in [1.165, 1.54) is 27.1 Å². The summed E-state index contributed by atoms with van der Waals surface area (Å²) < 4.78 is 31.7. The first kappa shape index (κ1) is 15.8. The molecule has 3 aromatic carbocycles. The molecule has 2 nitrogen and oxygen atoms in total. The van der Waals surface area contributed by atoms with Gasteiger partial charge in [-0.1, -0.05) is 42.5 Å². The minimum Gasteiger partial charge on any atom is -0.475 e. The van der Waals surface area contributed by atoms with Gasteiger partial charge in [0.2, 0.25) is 0 Å². The van der Waals surface area contributed by atoms with Crippen molar-refractivity contribution in [1.29, 1.82) is 0 Å². The van der Waals surface area contributed by atoms with Crippen LogP contribution in [0.1, 0.15) is 5.56 Å². The van der Waals surface area contributed by atoms with Crippen molar-refractivity contribution >= 4 is 27.5 Å². The molecule has 0 saturated heterocycles. The zero-order valence-corrected chi connectivity index (χ0v) is 11.7. The summed E-state index contributed by atoms with van der Waals surface area (Å²) >= 11 is 0. The van der Waals surface area contributed by atoms with Crippen LogP contribution in [-0.2, 0) is 4.79 Å². The van der Waals surface area contributed by atoms with Crippen molar-refractivity contribution in [2.45, 2.75) is 13.1 Å². The first-order valence-electron chi connectivity index (χ1n) is 6.47. The molecule has 5 heteroatoms. The van der Waals surface area contributed by atoms with Gasteiger partial charge in [-0.25, -0.2) is 4.79 Å². The molecule has 0 fully saturated rings. The number of carboxylic acids is 1. The largest absolute Gasteiger partial charge is 0.490 e. The van der Waals surface area contributed by atoms with Crippen LogP contribution in [0.25, 0.3) is 21.5 Å². The highest BCUT2D eigenvalue weighted by molar-refractivity contribution is 5.99. The van der Waals surface area contributed by atoms with Crippen LogP contribution in [0.3, 0.4) is 0 Å². The van der Waals surface area contributed by atoms with Crippen molar-refractivity contribution in [1.82, 2.24) is 0 Å². The molecule has 0 bridgehead atoms. The first-order chi connectivity index (χ1) is 10.3. The Morgan fingerprint density at radius 1 is 0.909 bits per heavy atom. The maximum atomic E-state index is 10.6. The number of aliphatic carboxylic acids is 1. The molecule has 114 valence electrons. The van der Waals surface area contributed by atoms with Crippen LogP contribution in [0, 0.1) is 6.92 Å². The van der Waals surface area contributed by atoms with Gasteiger partial charge in [0.15, 0.2) is 0 Å². The lowest BCUT2D eigenvalue weighted by Gasteiger charge is -2.04. The van der Waals surface area contributed by atoms with E-state index in [1.807, 2.05) is 0 Å². The Hall–Kier alpha value is -2.56. The number of halogens is 3. The molecule has 0 radical (unpaired) electrons. The zero-order valence-electron chi connectivity index (χ0n) is 11.7. The second-order valence-electron chi connectivity index (χ2n) is 4.80. The van der Waals surface area contributed by atoms with E-state index in [4.69, 9.17) is 9.90 Å². The van der Waals surface area contributed by atoms with Gasteiger partial charge < -0.3 is 5.11 Å². The SMILES string of the molecule is Cc1cccc2cc3ccccc3cc12.O=C(O)C(F)(F)F. The topological polar surface area (TPSA) is 37.3 Å². The number of hydrogen-bond donors (Lipinski definition) is 1. The predicted octanol–water partition coefficient (Wildman–Crippen LogP) is 4.93. The molecule has 0 unspecified atom stereocenters. The number of aryl methyl sites for hydroxylation is 1. The lowest BCUT2D eigenvalue weighted by molar-refractivity contribution is -0.192. The fourth-order valence-corrected chi connectivity index (χ4v) is 2.12. The van der Waals surface area contributed by atoms with Gasteiger partial charge in [-0.3, -0.25) is 0 Å². The summed E-state index contributed by atoms with van der Waals surface area (Å²) in [5, 5.41) is 12.4. The summed E-state index contributed by atoms with van der Waals surface area (Å²) in [5.41, 5.74) is 1.35. The molecule has 0 spiro atoms. The van der Waals surface area contributed by atoms with Crippen LogP contribution in [0.2, 0.25) is 0 Å². The van der Waals surface area contributed by atoms with E-state index in [9.17, 15) is 13.2 Å².